The van der Waals surface area contributed by atoms with Crippen molar-refractivity contribution in [1.82, 2.24) is 9.55 Å². The molecule has 3 aromatic carbocycles. The molecule has 0 unspecified atom stereocenters. The maximum Gasteiger partial charge on any atom is 0.251 e. The Kier molecular flexibility index (Phi) is 6.95. The van der Waals surface area contributed by atoms with Gasteiger partial charge in [-0.25, -0.2) is 0 Å². The summed E-state index contributed by atoms with van der Waals surface area (Å²) in [5, 5.41) is 21.6. The minimum Gasteiger partial charge on any atom is -0.387 e. The van der Waals surface area contributed by atoms with Crippen LogP contribution in [0.2, 0.25) is 0 Å². The average molecular weight is 503 g/mol. The van der Waals surface area contributed by atoms with Crippen molar-refractivity contribution in [3.05, 3.63) is 135 Å². The second-order valence-corrected chi connectivity index (χ2v) is 9.04. The Labute approximate surface area is 213 Å². The number of aromatic amines is 1. The molecule has 8 heteroatoms. The lowest BCUT2D eigenvalue weighted by Crippen LogP contribution is -2.39. The molecule has 7 nitrogen and oxygen atoms in total. The van der Waals surface area contributed by atoms with E-state index in [0.717, 1.165) is 16.7 Å². The molecule has 1 saturated heterocycles. The fourth-order valence-electron chi connectivity index (χ4n) is 4.70. The predicted molar refractivity (Wildman–Crippen MR) is 137 cm³/mol. The smallest absolute Gasteiger partial charge is 0.251 e. The number of aliphatic hydroxyl groups is 2. The first-order chi connectivity index (χ1) is 17.5. The highest BCUT2D eigenvalue weighted by Gasteiger charge is 2.46. The van der Waals surface area contributed by atoms with Crippen LogP contribution in [0.4, 0.5) is 0 Å². The molecule has 3 N–H and O–H groups in total. The average Bonchev–Trinajstić information content (AvgIpc) is 3.19. The summed E-state index contributed by atoms with van der Waals surface area (Å²) < 4.78 is 14.3. The van der Waals surface area contributed by atoms with Crippen LogP contribution in [0.3, 0.4) is 0 Å². The summed E-state index contributed by atoms with van der Waals surface area (Å²) in [6, 6.07) is 30.9. The summed E-state index contributed by atoms with van der Waals surface area (Å²) in [5.41, 5.74) is 1.38. The zero-order valence-corrected chi connectivity index (χ0v) is 20.1. The van der Waals surface area contributed by atoms with Gasteiger partial charge in [-0.1, -0.05) is 91.0 Å². The third-order valence-electron chi connectivity index (χ3n) is 6.47. The summed E-state index contributed by atoms with van der Waals surface area (Å²) in [4.78, 5) is 14.1. The number of benzene rings is 3. The standard InChI is InChI=1S/C28H26N2O5S/c31-23-16-17-30(27(36)29-23)26-25(33)24(32)22(35-26)18-34-28(19-10-4-1-5-11-19,20-12-6-2-7-13-20)21-14-8-3-9-15-21/h1-17,22,24-26,32-33H,18H2,(H,29,31,36)/t22-,24-,25+,26-/m1/s1. The minimum absolute atomic E-state index is 0.0237. The molecular formula is C28H26N2O5S. The molecule has 1 aromatic heterocycles. The molecule has 184 valence electrons. The molecule has 0 saturated carbocycles. The molecule has 4 aromatic rings. The summed E-state index contributed by atoms with van der Waals surface area (Å²) in [6.07, 6.45) is -2.89. The molecule has 0 amide bonds. The topological polar surface area (TPSA) is 96.7 Å². The maximum atomic E-state index is 11.6. The Bertz CT molecular complexity index is 1310. The van der Waals surface area contributed by atoms with Gasteiger partial charge in [0.15, 0.2) is 11.0 Å². The van der Waals surface area contributed by atoms with Crippen molar-refractivity contribution < 1.29 is 19.7 Å². The van der Waals surface area contributed by atoms with Crippen molar-refractivity contribution in [3.8, 4) is 0 Å². The van der Waals surface area contributed by atoms with Crippen LogP contribution in [-0.2, 0) is 15.1 Å². The van der Waals surface area contributed by atoms with Crippen LogP contribution in [0.5, 0.6) is 0 Å². The second-order valence-electron chi connectivity index (χ2n) is 8.65. The monoisotopic (exact) mass is 502 g/mol. The van der Waals surface area contributed by atoms with Crippen molar-refractivity contribution >= 4 is 12.2 Å². The summed E-state index contributed by atoms with van der Waals surface area (Å²) in [7, 11) is 0. The van der Waals surface area contributed by atoms with E-state index in [-0.39, 0.29) is 16.9 Å². The van der Waals surface area contributed by atoms with Crippen molar-refractivity contribution in [2.24, 2.45) is 0 Å². The van der Waals surface area contributed by atoms with Gasteiger partial charge in [0.2, 0.25) is 0 Å². The van der Waals surface area contributed by atoms with Gasteiger partial charge in [-0.2, -0.15) is 0 Å². The first-order valence-corrected chi connectivity index (χ1v) is 12.0. The minimum atomic E-state index is -1.27. The van der Waals surface area contributed by atoms with Crippen molar-refractivity contribution in [1.29, 1.82) is 0 Å². The highest BCUT2D eigenvalue weighted by Crippen LogP contribution is 2.41. The molecule has 4 atom stereocenters. The lowest BCUT2D eigenvalue weighted by Gasteiger charge is -2.37. The number of aliphatic hydroxyl groups excluding tert-OH is 2. The van der Waals surface area contributed by atoms with Gasteiger partial charge in [0.25, 0.3) is 5.56 Å². The van der Waals surface area contributed by atoms with Crippen LogP contribution in [-0.4, -0.2) is 44.7 Å². The van der Waals surface area contributed by atoms with Crippen LogP contribution >= 0.6 is 12.2 Å². The first-order valence-electron chi connectivity index (χ1n) is 11.6. The third kappa shape index (κ3) is 4.45. The number of aromatic nitrogens is 2. The summed E-state index contributed by atoms with van der Waals surface area (Å²) in [5.74, 6) is 0. The van der Waals surface area contributed by atoms with Gasteiger partial charge < -0.3 is 19.7 Å². The molecule has 1 aliphatic rings. The molecule has 5 rings (SSSR count). The van der Waals surface area contributed by atoms with Crippen LogP contribution in [0, 0.1) is 4.77 Å². The molecule has 1 aliphatic heterocycles. The second kappa shape index (κ2) is 10.3. The first kappa shape index (κ1) is 24.3. The lowest BCUT2D eigenvalue weighted by atomic mass is 9.80. The van der Waals surface area contributed by atoms with E-state index in [1.807, 2.05) is 91.0 Å². The van der Waals surface area contributed by atoms with Crippen LogP contribution in [0.1, 0.15) is 22.9 Å². The van der Waals surface area contributed by atoms with Crippen molar-refractivity contribution in [2.75, 3.05) is 6.61 Å². The molecular weight excluding hydrogens is 476 g/mol. The molecule has 0 bridgehead atoms. The summed E-state index contributed by atoms with van der Waals surface area (Å²) in [6.45, 7) is -0.0237. The third-order valence-corrected chi connectivity index (χ3v) is 6.78. The Morgan fingerprint density at radius 3 is 1.81 bits per heavy atom. The zero-order valence-electron chi connectivity index (χ0n) is 19.3. The normalized spacial score (nSPS) is 21.9. The number of H-pyrrole nitrogens is 1. The Morgan fingerprint density at radius 2 is 1.33 bits per heavy atom. The van der Waals surface area contributed by atoms with Gasteiger partial charge in [0.1, 0.15) is 23.9 Å². The highest BCUT2D eigenvalue weighted by atomic mass is 32.1. The van der Waals surface area contributed by atoms with E-state index >= 15 is 0 Å². The quantitative estimate of drug-likeness (QED) is 0.264. The van der Waals surface area contributed by atoms with Crippen molar-refractivity contribution in [3.63, 3.8) is 0 Å². The molecule has 0 aliphatic carbocycles. The van der Waals surface area contributed by atoms with Crippen LogP contribution in [0.15, 0.2) is 108 Å². The fraction of sp³-hybridized carbons (Fsp3) is 0.214. The van der Waals surface area contributed by atoms with Crippen LogP contribution < -0.4 is 5.56 Å². The van der Waals surface area contributed by atoms with E-state index < -0.39 is 30.1 Å². The van der Waals surface area contributed by atoms with Gasteiger partial charge in [0.05, 0.1) is 6.61 Å². The van der Waals surface area contributed by atoms with E-state index in [0.29, 0.717) is 0 Å². The van der Waals surface area contributed by atoms with E-state index in [2.05, 4.69) is 4.98 Å². The van der Waals surface area contributed by atoms with Crippen molar-refractivity contribution in [2.45, 2.75) is 30.1 Å². The van der Waals surface area contributed by atoms with E-state index in [9.17, 15) is 15.0 Å². The Balaban J connectivity index is 1.52. The highest BCUT2D eigenvalue weighted by molar-refractivity contribution is 7.71. The number of nitrogens with zero attached hydrogens (tertiary/aromatic N) is 1. The predicted octanol–water partition coefficient (Wildman–Crippen LogP) is 3.53. The summed E-state index contributed by atoms with van der Waals surface area (Å²) >= 11 is 5.23. The molecule has 1 fully saturated rings. The zero-order chi connectivity index (χ0) is 25.1. The largest absolute Gasteiger partial charge is 0.387 e. The molecule has 0 spiro atoms. The van der Waals surface area contributed by atoms with Gasteiger partial charge in [-0.05, 0) is 28.9 Å². The Morgan fingerprint density at radius 1 is 0.833 bits per heavy atom. The van der Waals surface area contributed by atoms with E-state index in [1.165, 1.54) is 16.8 Å². The van der Waals surface area contributed by atoms with E-state index in [1.54, 1.807) is 0 Å². The van der Waals surface area contributed by atoms with Gasteiger partial charge >= 0.3 is 0 Å². The van der Waals surface area contributed by atoms with Gasteiger partial charge in [0, 0.05) is 12.3 Å². The Hall–Kier alpha value is -3.40. The number of hydrogen-bond acceptors (Lipinski definition) is 6. The SMILES string of the molecule is O=c1ccn([C@@H]2O[C@H](COC(c3ccccc3)(c3ccccc3)c3ccccc3)[C@@H](O)[C@@H]2O)c(=S)[nH]1. The van der Waals surface area contributed by atoms with Crippen LogP contribution in [0.25, 0.3) is 0 Å². The number of nitrogens with one attached hydrogen (secondary N) is 1. The number of rotatable bonds is 7. The fourth-order valence-corrected chi connectivity index (χ4v) is 4.97. The van der Waals surface area contributed by atoms with Gasteiger partial charge in [-0.15, -0.1) is 0 Å². The van der Waals surface area contributed by atoms with Gasteiger partial charge in [-0.3, -0.25) is 14.3 Å². The lowest BCUT2D eigenvalue weighted by molar-refractivity contribution is -0.0954. The maximum absolute atomic E-state index is 11.6. The molecule has 0 radical (unpaired) electrons. The molecule has 2 heterocycles. The van der Waals surface area contributed by atoms with E-state index in [4.69, 9.17) is 21.7 Å². The number of hydrogen-bond donors (Lipinski definition) is 3. The molecule has 36 heavy (non-hydrogen) atoms. The number of ether oxygens (including phenoxy) is 2.